The molecule has 0 radical (unpaired) electrons. The summed E-state index contributed by atoms with van der Waals surface area (Å²) in [5.41, 5.74) is 1.12. The van der Waals surface area contributed by atoms with Crippen molar-refractivity contribution in [1.82, 2.24) is 4.72 Å². The zero-order valence-corrected chi connectivity index (χ0v) is 12.0. The van der Waals surface area contributed by atoms with Gasteiger partial charge in [-0.2, -0.15) is 0 Å². The van der Waals surface area contributed by atoms with Crippen molar-refractivity contribution in [2.24, 2.45) is 0 Å². The first kappa shape index (κ1) is 13.5. The molecular formula is C14H16FNO3S. The number of amides is 1. The van der Waals surface area contributed by atoms with Crippen LogP contribution in [0.5, 0.6) is 0 Å². The van der Waals surface area contributed by atoms with Crippen LogP contribution in [0.15, 0.2) is 12.1 Å². The summed E-state index contributed by atoms with van der Waals surface area (Å²) in [4.78, 5) is 12.0. The maximum absolute atomic E-state index is 14.1. The van der Waals surface area contributed by atoms with Crippen molar-refractivity contribution >= 4 is 15.9 Å². The molecule has 0 spiro atoms. The van der Waals surface area contributed by atoms with Crippen LogP contribution < -0.4 is 4.72 Å². The normalized spacial score (nSPS) is 18.9. The van der Waals surface area contributed by atoms with Crippen LogP contribution in [0.3, 0.4) is 0 Å². The number of rotatable bonds is 4. The maximum Gasteiger partial charge on any atom is 0.267 e. The molecule has 6 heteroatoms. The lowest BCUT2D eigenvalue weighted by molar-refractivity contribution is 0.0977. The third-order valence-electron chi connectivity index (χ3n) is 3.77. The first-order chi connectivity index (χ1) is 9.38. The molecule has 0 saturated heterocycles. The summed E-state index contributed by atoms with van der Waals surface area (Å²) in [5.74, 6) is -1.13. The minimum Gasteiger partial charge on any atom is -0.268 e. The lowest BCUT2D eigenvalue weighted by Crippen LogP contribution is -2.34. The van der Waals surface area contributed by atoms with Crippen LogP contribution in [-0.4, -0.2) is 19.6 Å². The summed E-state index contributed by atoms with van der Waals surface area (Å²) in [6.45, 7) is 1.59. The zero-order chi connectivity index (χ0) is 14.5. The van der Waals surface area contributed by atoms with Crippen molar-refractivity contribution < 1.29 is 17.6 Å². The largest absolute Gasteiger partial charge is 0.268 e. The molecule has 1 aromatic carbocycles. The highest BCUT2D eigenvalue weighted by Gasteiger charge is 2.37. The smallest absolute Gasteiger partial charge is 0.267 e. The molecule has 4 nitrogen and oxygen atoms in total. The maximum atomic E-state index is 14.1. The van der Waals surface area contributed by atoms with Crippen LogP contribution in [0.25, 0.3) is 0 Å². The van der Waals surface area contributed by atoms with E-state index < -0.39 is 27.0 Å². The molecule has 0 aromatic heterocycles. The molecule has 2 saturated carbocycles. The molecule has 2 fully saturated rings. The van der Waals surface area contributed by atoms with Crippen LogP contribution in [-0.2, 0) is 10.0 Å². The highest BCUT2D eigenvalue weighted by Crippen LogP contribution is 2.41. The van der Waals surface area contributed by atoms with E-state index in [9.17, 15) is 17.6 Å². The van der Waals surface area contributed by atoms with Gasteiger partial charge < -0.3 is 0 Å². The first-order valence-electron chi connectivity index (χ1n) is 6.74. The van der Waals surface area contributed by atoms with Gasteiger partial charge in [-0.1, -0.05) is 6.07 Å². The summed E-state index contributed by atoms with van der Waals surface area (Å²) >= 11 is 0. The van der Waals surface area contributed by atoms with Crippen LogP contribution in [0.4, 0.5) is 4.39 Å². The Morgan fingerprint density at radius 3 is 2.45 bits per heavy atom. The number of hydrogen-bond acceptors (Lipinski definition) is 3. The standard InChI is InChI=1S/C14H16FNO3S/c1-8-6-10(9-2-3-9)7-12(13(8)15)14(17)16-20(18,19)11-4-5-11/h6-7,9,11H,2-5H2,1H3,(H,16,17). The molecule has 2 aliphatic carbocycles. The van der Waals surface area contributed by atoms with Gasteiger partial charge in [-0.3, -0.25) is 4.79 Å². The van der Waals surface area contributed by atoms with Crippen molar-refractivity contribution in [3.8, 4) is 0 Å². The number of benzene rings is 1. The second-order valence-corrected chi connectivity index (χ2v) is 7.61. The second kappa shape index (κ2) is 4.55. The molecule has 20 heavy (non-hydrogen) atoms. The van der Waals surface area contributed by atoms with Crippen molar-refractivity contribution in [1.29, 1.82) is 0 Å². The van der Waals surface area contributed by atoms with Crippen LogP contribution in [0.2, 0.25) is 0 Å². The minimum atomic E-state index is -3.65. The van der Waals surface area contributed by atoms with E-state index in [-0.39, 0.29) is 5.56 Å². The molecule has 1 amide bonds. The van der Waals surface area contributed by atoms with Gasteiger partial charge in [-0.25, -0.2) is 17.5 Å². The third kappa shape index (κ3) is 2.57. The van der Waals surface area contributed by atoms with E-state index in [1.165, 1.54) is 6.07 Å². The third-order valence-corrected chi connectivity index (χ3v) is 5.59. The first-order valence-corrected chi connectivity index (χ1v) is 8.29. The summed E-state index contributed by atoms with van der Waals surface area (Å²) in [6.07, 6.45) is 3.19. The average molecular weight is 297 g/mol. The highest BCUT2D eigenvalue weighted by atomic mass is 32.2. The van der Waals surface area contributed by atoms with Crippen LogP contribution in [0, 0.1) is 12.7 Å². The molecule has 0 unspecified atom stereocenters. The summed E-state index contributed by atoms with van der Waals surface area (Å²) in [6, 6.07) is 3.22. The molecule has 1 N–H and O–H groups in total. The highest BCUT2D eigenvalue weighted by molar-refractivity contribution is 7.91. The average Bonchev–Trinajstić information content (AvgIpc) is 3.24. The Bertz CT molecular complexity index is 676. The molecule has 3 rings (SSSR count). The van der Waals surface area contributed by atoms with Gasteiger partial charge in [0.15, 0.2) is 0 Å². The predicted octanol–water partition coefficient (Wildman–Crippen LogP) is 2.23. The second-order valence-electron chi connectivity index (χ2n) is 5.65. The number of hydrogen-bond donors (Lipinski definition) is 1. The lowest BCUT2D eigenvalue weighted by Gasteiger charge is -2.10. The van der Waals surface area contributed by atoms with Gasteiger partial charge >= 0.3 is 0 Å². The quantitative estimate of drug-likeness (QED) is 0.927. The van der Waals surface area contributed by atoms with Gasteiger partial charge in [0.2, 0.25) is 10.0 Å². The van der Waals surface area contributed by atoms with E-state index in [0.29, 0.717) is 24.3 Å². The topological polar surface area (TPSA) is 63.2 Å². The molecule has 0 atom stereocenters. The van der Waals surface area contributed by atoms with Gasteiger partial charge in [0.1, 0.15) is 5.82 Å². The molecular weight excluding hydrogens is 281 g/mol. The Morgan fingerprint density at radius 2 is 1.90 bits per heavy atom. The fraction of sp³-hybridized carbons (Fsp3) is 0.500. The number of sulfonamides is 1. The summed E-state index contributed by atoms with van der Waals surface area (Å²) in [5, 5.41) is -0.498. The van der Waals surface area contributed by atoms with E-state index in [4.69, 9.17) is 0 Å². The number of carbonyl (C=O) groups excluding carboxylic acids is 1. The molecule has 1 aromatic rings. The van der Waals surface area contributed by atoms with E-state index >= 15 is 0 Å². The van der Waals surface area contributed by atoms with Crippen LogP contribution >= 0.6 is 0 Å². The number of halogens is 1. The van der Waals surface area contributed by atoms with Gasteiger partial charge in [-0.05, 0) is 55.7 Å². The number of carbonyl (C=O) groups is 1. The fourth-order valence-corrected chi connectivity index (χ4v) is 3.55. The fourth-order valence-electron chi connectivity index (χ4n) is 2.26. The van der Waals surface area contributed by atoms with Gasteiger partial charge in [0.25, 0.3) is 5.91 Å². The van der Waals surface area contributed by atoms with Gasteiger partial charge in [0, 0.05) is 0 Å². The van der Waals surface area contributed by atoms with Gasteiger partial charge in [-0.15, -0.1) is 0 Å². The van der Waals surface area contributed by atoms with E-state index in [1.54, 1.807) is 13.0 Å². The Hall–Kier alpha value is -1.43. The SMILES string of the molecule is Cc1cc(C2CC2)cc(C(=O)NS(=O)(=O)C2CC2)c1F. The Balaban J connectivity index is 1.90. The van der Waals surface area contributed by atoms with E-state index in [0.717, 1.165) is 18.4 Å². The van der Waals surface area contributed by atoms with Crippen molar-refractivity contribution in [2.75, 3.05) is 0 Å². The summed E-state index contributed by atoms with van der Waals surface area (Å²) < 4.78 is 39.5. The monoisotopic (exact) mass is 297 g/mol. The molecule has 2 aliphatic rings. The van der Waals surface area contributed by atoms with Crippen molar-refractivity contribution in [2.45, 2.75) is 43.8 Å². The predicted molar refractivity (Wildman–Crippen MR) is 72.5 cm³/mol. The molecule has 0 heterocycles. The van der Waals surface area contributed by atoms with Crippen molar-refractivity contribution in [3.05, 3.63) is 34.6 Å². The molecule has 0 aliphatic heterocycles. The Labute approximate surface area is 117 Å². The van der Waals surface area contributed by atoms with Gasteiger partial charge in [0.05, 0.1) is 10.8 Å². The number of aryl methyl sites for hydroxylation is 1. The Kier molecular flexibility index (Phi) is 3.08. The summed E-state index contributed by atoms with van der Waals surface area (Å²) in [7, 11) is -3.65. The van der Waals surface area contributed by atoms with E-state index in [1.807, 2.05) is 4.72 Å². The molecule has 108 valence electrons. The zero-order valence-electron chi connectivity index (χ0n) is 11.1. The lowest BCUT2D eigenvalue weighted by atomic mass is 10.0. The Morgan fingerprint density at radius 1 is 1.25 bits per heavy atom. The van der Waals surface area contributed by atoms with Crippen LogP contribution in [0.1, 0.15) is 53.1 Å². The number of nitrogens with one attached hydrogen (secondary N) is 1. The molecule has 0 bridgehead atoms. The van der Waals surface area contributed by atoms with Crippen molar-refractivity contribution in [3.63, 3.8) is 0 Å². The van der Waals surface area contributed by atoms with E-state index in [2.05, 4.69) is 0 Å². The minimum absolute atomic E-state index is 0.170.